The maximum atomic E-state index is 12.5. The normalized spacial score (nSPS) is 11.4. The van der Waals surface area contributed by atoms with Crippen LogP contribution in [0.4, 0.5) is 13.2 Å². The first-order valence-electron chi connectivity index (χ1n) is 5.49. The standard InChI is InChI=1S/C14H8BrF3O2/c15-12-7-9(3-6-11(12)13(19)20)8-1-4-10(5-2-8)14(16,17)18/h1-7H,(H,19,20). The highest BCUT2D eigenvalue weighted by Crippen LogP contribution is 2.32. The summed E-state index contributed by atoms with van der Waals surface area (Å²) >= 11 is 3.13. The fourth-order valence-corrected chi connectivity index (χ4v) is 2.27. The minimum absolute atomic E-state index is 0.0978. The van der Waals surface area contributed by atoms with Gasteiger partial charge in [0.15, 0.2) is 0 Å². The molecule has 2 nitrogen and oxygen atoms in total. The summed E-state index contributed by atoms with van der Waals surface area (Å²) in [4.78, 5) is 10.9. The second kappa shape index (κ2) is 5.28. The SMILES string of the molecule is O=C(O)c1ccc(-c2ccc(C(F)(F)F)cc2)cc1Br. The van der Waals surface area contributed by atoms with E-state index in [-0.39, 0.29) is 5.56 Å². The van der Waals surface area contributed by atoms with Crippen LogP contribution in [0.15, 0.2) is 46.9 Å². The summed E-state index contributed by atoms with van der Waals surface area (Å²) in [6.45, 7) is 0. The number of halogens is 4. The van der Waals surface area contributed by atoms with Crippen LogP contribution in [-0.2, 0) is 6.18 Å². The zero-order valence-corrected chi connectivity index (χ0v) is 11.5. The fraction of sp³-hybridized carbons (Fsp3) is 0.0714. The molecule has 20 heavy (non-hydrogen) atoms. The van der Waals surface area contributed by atoms with Crippen molar-refractivity contribution in [2.45, 2.75) is 6.18 Å². The van der Waals surface area contributed by atoms with Crippen LogP contribution in [0.25, 0.3) is 11.1 Å². The number of carboxylic acids is 1. The number of benzene rings is 2. The molecule has 0 saturated heterocycles. The number of hydrogen-bond acceptors (Lipinski definition) is 1. The van der Waals surface area contributed by atoms with E-state index >= 15 is 0 Å². The largest absolute Gasteiger partial charge is 0.478 e. The maximum absolute atomic E-state index is 12.5. The van der Waals surface area contributed by atoms with Gasteiger partial charge in [0.2, 0.25) is 0 Å². The van der Waals surface area contributed by atoms with E-state index in [9.17, 15) is 18.0 Å². The molecule has 2 aromatic rings. The van der Waals surface area contributed by atoms with Gasteiger partial charge in [-0.15, -0.1) is 0 Å². The Hall–Kier alpha value is -1.82. The van der Waals surface area contributed by atoms with E-state index in [1.54, 1.807) is 12.1 Å². The van der Waals surface area contributed by atoms with Crippen LogP contribution in [0.1, 0.15) is 15.9 Å². The Morgan fingerprint density at radius 1 is 1.00 bits per heavy atom. The highest BCUT2D eigenvalue weighted by Gasteiger charge is 2.29. The Bertz CT molecular complexity index is 648. The molecule has 0 spiro atoms. The third-order valence-corrected chi connectivity index (χ3v) is 3.40. The second-order valence-electron chi connectivity index (χ2n) is 4.07. The smallest absolute Gasteiger partial charge is 0.416 e. The molecule has 0 heterocycles. The van der Waals surface area contributed by atoms with Gasteiger partial charge in [0, 0.05) is 4.47 Å². The van der Waals surface area contributed by atoms with Crippen molar-refractivity contribution in [1.29, 1.82) is 0 Å². The van der Waals surface area contributed by atoms with Crippen LogP contribution in [0.2, 0.25) is 0 Å². The molecule has 0 unspecified atom stereocenters. The molecule has 2 rings (SSSR count). The van der Waals surface area contributed by atoms with Crippen molar-refractivity contribution in [2.24, 2.45) is 0 Å². The molecular weight excluding hydrogens is 337 g/mol. The summed E-state index contributed by atoms with van der Waals surface area (Å²) in [5.74, 6) is -1.07. The van der Waals surface area contributed by atoms with Crippen molar-refractivity contribution in [3.05, 3.63) is 58.1 Å². The van der Waals surface area contributed by atoms with Gasteiger partial charge in [-0.05, 0) is 51.3 Å². The topological polar surface area (TPSA) is 37.3 Å². The van der Waals surface area contributed by atoms with Crippen molar-refractivity contribution < 1.29 is 23.1 Å². The Morgan fingerprint density at radius 3 is 2.00 bits per heavy atom. The number of carboxylic acid groups (broad SMARTS) is 1. The molecule has 0 radical (unpaired) electrons. The molecule has 0 saturated carbocycles. The minimum Gasteiger partial charge on any atom is -0.478 e. The third-order valence-electron chi connectivity index (χ3n) is 2.75. The Morgan fingerprint density at radius 2 is 1.55 bits per heavy atom. The number of hydrogen-bond donors (Lipinski definition) is 1. The van der Waals surface area contributed by atoms with E-state index in [1.165, 1.54) is 18.2 Å². The van der Waals surface area contributed by atoms with Crippen LogP contribution in [-0.4, -0.2) is 11.1 Å². The molecule has 0 aliphatic carbocycles. The lowest BCUT2D eigenvalue weighted by Crippen LogP contribution is -2.04. The number of alkyl halides is 3. The second-order valence-corrected chi connectivity index (χ2v) is 4.93. The summed E-state index contributed by atoms with van der Waals surface area (Å²) in [6, 6.07) is 9.21. The number of rotatable bonds is 2. The first-order valence-corrected chi connectivity index (χ1v) is 6.29. The zero-order valence-electron chi connectivity index (χ0n) is 9.91. The number of carbonyl (C=O) groups is 1. The molecule has 0 aliphatic heterocycles. The van der Waals surface area contributed by atoms with Crippen LogP contribution >= 0.6 is 15.9 Å². The molecular formula is C14H8BrF3O2. The van der Waals surface area contributed by atoms with E-state index in [4.69, 9.17) is 5.11 Å². The van der Waals surface area contributed by atoms with Gasteiger partial charge in [-0.3, -0.25) is 0 Å². The van der Waals surface area contributed by atoms with Crippen LogP contribution in [0.3, 0.4) is 0 Å². The molecule has 0 aromatic heterocycles. The highest BCUT2D eigenvalue weighted by atomic mass is 79.9. The predicted octanol–water partition coefficient (Wildman–Crippen LogP) is 4.83. The fourth-order valence-electron chi connectivity index (χ4n) is 1.72. The zero-order chi connectivity index (χ0) is 14.9. The first-order chi connectivity index (χ1) is 9.29. The molecule has 0 fully saturated rings. The van der Waals surface area contributed by atoms with Crippen LogP contribution in [0, 0.1) is 0 Å². The third kappa shape index (κ3) is 3.01. The lowest BCUT2D eigenvalue weighted by molar-refractivity contribution is -0.137. The summed E-state index contributed by atoms with van der Waals surface area (Å²) in [5.41, 5.74) is 0.592. The van der Waals surface area contributed by atoms with E-state index in [0.717, 1.165) is 12.1 Å². The van der Waals surface area contributed by atoms with Gasteiger partial charge in [-0.25, -0.2) is 4.79 Å². The van der Waals surface area contributed by atoms with E-state index in [1.807, 2.05) is 0 Å². The number of aromatic carboxylic acids is 1. The molecule has 0 aliphatic rings. The van der Waals surface area contributed by atoms with Gasteiger partial charge >= 0.3 is 12.1 Å². The van der Waals surface area contributed by atoms with Crippen molar-refractivity contribution in [3.63, 3.8) is 0 Å². The Balaban J connectivity index is 2.37. The van der Waals surface area contributed by atoms with Crippen molar-refractivity contribution >= 4 is 21.9 Å². The molecule has 0 amide bonds. The quantitative estimate of drug-likeness (QED) is 0.846. The van der Waals surface area contributed by atoms with Gasteiger partial charge < -0.3 is 5.11 Å². The first kappa shape index (κ1) is 14.6. The van der Waals surface area contributed by atoms with Crippen LogP contribution in [0.5, 0.6) is 0 Å². The van der Waals surface area contributed by atoms with Gasteiger partial charge in [0.25, 0.3) is 0 Å². The van der Waals surface area contributed by atoms with Gasteiger partial charge in [-0.2, -0.15) is 13.2 Å². The molecule has 104 valence electrons. The van der Waals surface area contributed by atoms with Crippen LogP contribution < -0.4 is 0 Å². The minimum atomic E-state index is -4.37. The summed E-state index contributed by atoms with van der Waals surface area (Å²) in [6.07, 6.45) is -4.37. The average Bonchev–Trinajstić information content (AvgIpc) is 2.37. The Labute approximate surface area is 121 Å². The average molecular weight is 345 g/mol. The molecule has 2 aromatic carbocycles. The molecule has 0 atom stereocenters. The summed E-state index contributed by atoms with van der Waals surface area (Å²) in [5, 5.41) is 8.90. The molecule has 6 heteroatoms. The van der Waals surface area contributed by atoms with Crippen molar-refractivity contribution in [1.82, 2.24) is 0 Å². The van der Waals surface area contributed by atoms with Crippen molar-refractivity contribution in [2.75, 3.05) is 0 Å². The van der Waals surface area contributed by atoms with E-state index in [0.29, 0.717) is 15.6 Å². The maximum Gasteiger partial charge on any atom is 0.416 e. The predicted molar refractivity (Wildman–Crippen MR) is 71.5 cm³/mol. The highest BCUT2D eigenvalue weighted by molar-refractivity contribution is 9.10. The monoisotopic (exact) mass is 344 g/mol. The summed E-state index contributed by atoms with van der Waals surface area (Å²) < 4.78 is 37.7. The molecule has 1 N–H and O–H groups in total. The lowest BCUT2D eigenvalue weighted by Gasteiger charge is -2.08. The lowest BCUT2D eigenvalue weighted by atomic mass is 10.0. The van der Waals surface area contributed by atoms with E-state index in [2.05, 4.69) is 15.9 Å². The summed E-state index contributed by atoms with van der Waals surface area (Å²) in [7, 11) is 0. The van der Waals surface area contributed by atoms with Gasteiger partial charge in [0.1, 0.15) is 0 Å². The van der Waals surface area contributed by atoms with Gasteiger partial charge in [0.05, 0.1) is 11.1 Å². The Kier molecular flexibility index (Phi) is 3.85. The van der Waals surface area contributed by atoms with Crippen molar-refractivity contribution in [3.8, 4) is 11.1 Å². The van der Waals surface area contributed by atoms with E-state index < -0.39 is 17.7 Å². The van der Waals surface area contributed by atoms with Gasteiger partial charge in [-0.1, -0.05) is 18.2 Å². The molecule has 0 bridgehead atoms.